The number of hydrogen-bond donors (Lipinski definition) is 1. The molecule has 1 saturated heterocycles. The van der Waals surface area contributed by atoms with Crippen LogP contribution < -0.4 is 9.64 Å². The number of piperazine rings is 1. The van der Waals surface area contributed by atoms with Gasteiger partial charge in [0.05, 0.1) is 11.2 Å². The lowest BCUT2D eigenvalue weighted by Gasteiger charge is -2.36. The van der Waals surface area contributed by atoms with E-state index in [1.165, 1.54) is 11.3 Å². The molecule has 32 heavy (non-hydrogen) atoms. The fraction of sp³-hybridized carbons (Fsp3) is 0.296. The van der Waals surface area contributed by atoms with Crippen LogP contribution >= 0.6 is 0 Å². The minimum atomic E-state index is 0.721. The molecule has 0 radical (unpaired) electrons. The second kappa shape index (κ2) is 9.45. The average molecular weight is 427 g/mol. The molecule has 3 aromatic carbocycles. The highest BCUT2D eigenvalue weighted by Crippen LogP contribution is 2.29. The van der Waals surface area contributed by atoms with Crippen LogP contribution in [0.2, 0.25) is 0 Å². The zero-order chi connectivity index (χ0) is 21.8. The van der Waals surface area contributed by atoms with Crippen molar-refractivity contribution in [3.8, 4) is 17.1 Å². The van der Waals surface area contributed by atoms with E-state index in [0.717, 1.165) is 73.9 Å². The van der Waals surface area contributed by atoms with Gasteiger partial charge in [-0.25, -0.2) is 4.98 Å². The summed E-state index contributed by atoms with van der Waals surface area (Å²) in [7, 11) is 0. The zero-order valence-corrected chi connectivity index (χ0v) is 18.6. The van der Waals surface area contributed by atoms with E-state index in [2.05, 4.69) is 64.2 Å². The van der Waals surface area contributed by atoms with Gasteiger partial charge >= 0.3 is 0 Å². The van der Waals surface area contributed by atoms with Crippen molar-refractivity contribution in [3.05, 3.63) is 78.4 Å². The molecule has 0 bridgehead atoms. The number of benzene rings is 3. The van der Waals surface area contributed by atoms with Crippen LogP contribution in [-0.2, 0) is 6.42 Å². The van der Waals surface area contributed by atoms with Crippen LogP contribution in [0.1, 0.15) is 12.5 Å². The predicted octanol–water partition coefficient (Wildman–Crippen LogP) is 4.99. The van der Waals surface area contributed by atoms with E-state index < -0.39 is 0 Å². The van der Waals surface area contributed by atoms with E-state index in [4.69, 9.17) is 9.72 Å². The van der Waals surface area contributed by atoms with E-state index in [1.54, 1.807) is 0 Å². The fourth-order valence-corrected chi connectivity index (χ4v) is 4.37. The molecule has 1 fully saturated rings. The van der Waals surface area contributed by atoms with Crippen molar-refractivity contribution in [2.75, 3.05) is 44.2 Å². The maximum Gasteiger partial charge on any atom is 0.138 e. The van der Waals surface area contributed by atoms with Crippen LogP contribution in [0.15, 0.2) is 72.8 Å². The van der Waals surface area contributed by atoms with E-state index in [-0.39, 0.29) is 0 Å². The van der Waals surface area contributed by atoms with Gasteiger partial charge in [0.25, 0.3) is 0 Å². The van der Waals surface area contributed by atoms with Crippen molar-refractivity contribution in [3.63, 3.8) is 0 Å². The number of hydrogen-bond acceptors (Lipinski definition) is 4. The first kappa shape index (κ1) is 20.6. The first-order valence-electron chi connectivity index (χ1n) is 11.5. The molecule has 164 valence electrons. The highest BCUT2D eigenvalue weighted by Gasteiger charge is 2.20. The smallest absolute Gasteiger partial charge is 0.138 e. The normalized spacial score (nSPS) is 14.7. The monoisotopic (exact) mass is 426 g/mol. The summed E-state index contributed by atoms with van der Waals surface area (Å²) in [6.45, 7) is 7.92. The van der Waals surface area contributed by atoms with Gasteiger partial charge in [-0.3, -0.25) is 4.90 Å². The summed E-state index contributed by atoms with van der Waals surface area (Å²) < 4.78 is 5.87. The van der Waals surface area contributed by atoms with Gasteiger partial charge in [-0.1, -0.05) is 49.4 Å². The number of nitrogens with zero attached hydrogens (tertiary/aromatic N) is 3. The minimum absolute atomic E-state index is 0.721. The second-order valence-corrected chi connectivity index (χ2v) is 8.30. The number of aromatic nitrogens is 2. The Hall–Kier alpha value is -3.31. The van der Waals surface area contributed by atoms with Crippen molar-refractivity contribution in [1.82, 2.24) is 14.9 Å². The Morgan fingerprint density at radius 1 is 0.906 bits per heavy atom. The van der Waals surface area contributed by atoms with Gasteiger partial charge in [0, 0.05) is 38.3 Å². The van der Waals surface area contributed by atoms with Crippen molar-refractivity contribution < 1.29 is 4.74 Å². The fourth-order valence-electron chi connectivity index (χ4n) is 4.37. The van der Waals surface area contributed by atoms with Gasteiger partial charge in [-0.05, 0) is 42.3 Å². The molecule has 5 rings (SSSR count). The van der Waals surface area contributed by atoms with Crippen LogP contribution in [0.3, 0.4) is 0 Å². The molecule has 0 atom stereocenters. The number of H-pyrrole nitrogens is 1. The Morgan fingerprint density at radius 2 is 1.72 bits per heavy atom. The number of ether oxygens (including phenoxy) is 1. The Kier molecular flexibility index (Phi) is 6.08. The topological polar surface area (TPSA) is 44.4 Å². The van der Waals surface area contributed by atoms with Gasteiger partial charge < -0.3 is 14.6 Å². The standard InChI is InChI=1S/C27H30N4O/c1-2-21-8-6-9-22(20-21)27-28-24-12-7-13-25(26(24)29-27)31-16-14-30(15-17-31)18-19-32-23-10-4-3-5-11-23/h3-13,20H,2,14-19H2,1H3,(H,28,29). The summed E-state index contributed by atoms with van der Waals surface area (Å²) in [6, 6.07) is 25.1. The number of nitrogens with one attached hydrogen (secondary N) is 1. The van der Waals surface area contributed by atoms with Crippen molar-refractivity contribution >= 4 is 16.7 Å². The lowest BCUT2D eigenvalue weighted by Crippen LogP contribution is -2.47. The molecular formula is C27H30N4O. The molecule has 2 heterocycles. The SMILES string of the molecule is CCc1cccc(-c2nc3c(N4CCN(CCOc5ccccc5)CC4)cccc3[nH]2)c1. The van der Waals surface area contributed by atoms with Crippen LogP contribution in [-0.4, -0.2) is 54.2 Å². The lowest BCUT2D eigenvalue weighted by atomic mass is 10.1. The summed E-state index contributed by atoms with van der Waals surface area (Å²) in [4.78, 5) is 13.5. The van der Waals surface area contributed by atoms with E-state index >= 15 is 0 Å². The van der Waals surface area contributed by atoms with Crippen molar-refractivity contribution in [2.24, 2.45) is 0 Å². The Labute approximate surface area is 189 Å². The summed E-state index contributed by atoms with van der Waals surface area (Å²) in [5.41, 5.74) is 5.85. The summed E-state index contributed by atoms with van der Waals surface area (Å²) >= 11 is 0. The number of aromatic amines is 1. The molecule has 5 nitrogen and oxygen atoms in total. The number of para-hydroxylation sites is 2. The molecule has 0 aliphatic carbocycles. The summed E-state index contributed by atoms with van der Waals surface area (Å²) in [5.74, 6) is 1.89. The third-order valence-electron chi connectivity index (χ3n) is 6.23. The minimum Gasteiger partial charge on any atom is -0.492 e. The van der Waals surface area contributed by atoms with Crippen molar-refractivity contribution in [1.29, 1.82) is 0 Å². The van der Waals surface area contributed by atoms with Crippen LogP contribution in [0.25, 0.3) is 22.4 Å². The molecule has 0 unspecified atom stereocenters. The Morgan fingerprint density at radius 3 is 2.53 bits per heavy atom. The molecule has 0 saturated carbocycles. The maximum absolute atomic E-state index is 5.87. The first-order chi connectivity index (χ1) is 15.8. The van der Waals surface area contributed by atoms with Crippen molar-refractivity contribution in [2.45, 2.75) is 13.3 Å². The summed E-state index contributed by atoms with van der Waals surface area (Å²) in [5, 5.41) is 0. The van der Waals surface area contributed by atoms with Gasteiger partial charge in [-0.2, -0.15) is 0 Å². The second-order valence-electron chi connectivity index (χ2n) is 8.30. The molecule has 1 aliphatic heterocycles. The van der Waals surface area contributed by atoms with E-state index in [1.807, 2.05) is 30.3 Å². The quantitative estimate of drug-likeness (QED) is 0.452. The zero-order valence-electron chi connectivity index (χ0n) is 18.6. The molecular weight excluding hydrogens is 396 g/mol. The third-order valence-corrected chi connectivity index (χ3v) is 6.23. The molecule has 0 spiro atoms. The largest absolute Gasteiger partial charge is 0.492 e. The number of anilines is 1. The molecule has 5 heteroatoms. The van der Waals surface area contributed by atoms with Crippen LogP contribution in [0.5, 0.6) is 5.75 Å². The summed E-state index contributed by atoms with van der Waals surface area (Å²) in [6.07, 6.45) is 1.03. The Balaban J connectivity index is 1.25. The lowest BCUT2D eigenvalue weighted by molar-refractivity contribution is 0.200. The molecule has 4 aromatic rings. The maximum atomic E-state index is 5.87. The number of aryl methyl sites for hydroxylation is 1. The highest BCUT2D eigenvalue weighted by atomic mass is 16.5. The van der Waals surface area contributed by atoms with Crippen LogP contribution in [0.4, 0.5) is 5.69 Å². The number of imidazole rings is 1. The van der Waals surface area contributed by atoms with E-state index in [0.29, 0.717) is 0 Å². The molecule has 1 aromatic heterocycles. The first-order valence-corrected chi connectivity index (χ1v) is 11.5. The number of fused-ring (bicyclic) bond motifs is 1. The highest BCUT2D eigenvalue weighted by molar-refractivity contribution is 5.91. The third kappa shape index (κ3) is 4.48. The molecule has 0 amide bonds. The van der Waals surface area contributed by atoms with Gasteiger partial charge in [0.1, 0.15) is 23.7 Å². The van der Waals surface area contributed by atoms with Crippen LogP contribution in [0, 0.1) is 0 Å². The number of rotatable bonds is 7. The van der Waals surface area contributed by atoms with Gasteiger partial charge in [0.15, 0.2) is 0 Å². The van der Waals surface area contributed by atoms with E-state index in [9.17, 15) is 0 Å². The molecule has 1 aliphatic rings. The predicted molar refractivity (Wildman–Crippen MR) is 131 cm³/mol. The molecule has 1 N–H and O–H groups in total. The Bertz CT molecular complexity index is 1160. The average Bonchev–Trinajstić information content (AvgIpc) is 3.30. The van der Waals surface area contributed by atoms with Gasteiger partial charge in [-0.15, -0.1) is 0 Å². The van der Waals surface area contributed by atoms with Gasteiger partial charge in [0.2, 0.25) is 0 Å².